The Morgan fingerprint density at radius 1 is 1.54 bits per heavy atom. The molecular formula is C10H17NO2. The average molecular weight is 183 g/mol. The molecule has 13 heavy (non-hydrogen) atoms. The maximum absolute atomic E-state index is 8.94. The molecule has 2 N–H and O–H groups in total. The van der Waals surface area contributed by atoms with Gasteiger partial charge in [-0.3, -0.25) is 10.4 Å². The van der Waals surface area contributed by atoms with Crippen LogP contribution in [0.2, 0.25) is 0 Å². The first-order valence-electron chi connectivity index (χ1n) is 4.56. The summed E-state index contributed by atoms with van der Waals surface area (Å²) in [6, 6.07) is -0.350. The van der Waals surface area contributed by atoms with Crippen molar-refractivity contribution in [1.29, 1.82) is 0 Å². The van der Waals surface area contributed by atoms with Crippen LogP contribution in [0, 0.1) is 11.8 Å². The van der Waals surface area contributed by atoms with E-state index in [1.54, 1.807) is 0 Å². The monoisotopic (exact) mass is 183 g/mol. The van der Waals surface area contributed by atoms with Crippen LogP contribution in [-0.4, -0.2) is 21.7 Å². The molecule has 0 saturated heterocycles. The van der Waals surface area contributed by atoms with Crippen LogP contribution in [0.4, 0.5) is 0 Å². The van der Waals surface area contributed by atoms with Crippen LogP contribution in [0.1, 0.15) is 20.3 Å². The Bertz CT molecular complexity index is 221. The van der Waals surface area contributed by atoms with Crippen molar-refractivity contribution in [3.05, 3.63) is 24.3 Å². The summed E-state index contributed by atoms with van der Waals surface area (Å²) in [7, 11) is 0. The first kappa shape index (κ1) is 10.4. The molecule has 0 bridgehead atoms. The second-order valence-corrected chi connectivity index (χ2v) is 3.91. The second-order valence-electron chi connectivity index (χ2n) is 3.91. The van der Waals surface area contributed by atoms with Gasteiger partial charge in [0, 0.05) is 0 Å². The molecule has 3 heteroatoms. The molecule has 0 aromatic carbocycles. The van der Waals surface area contributed by atoms with E-state index in [4.69, 9.17) is 10.4 Å². The van der Waals surface area contributed by atoms with Crippen LogP contribution in [0.5, 0.6) is 0 Å². The Morgan fingerprint density at radius 2 is 2.15 bits per heavy atom. The number of hydrogen-bond donors (Lipinski definition) is 2. The van der Waals surface area contributed by atoms with Crippen LogP contribution in [0.3, 0.4) is 0 Å². The van der Waals surface area contributed by atoms with Gasteiger partial charge in [-0.1, -0.05) is 37.8 Å². The zero-order valence-corrected chi connectivity index (χ0v) is 8.14. The van der Waals surface area contributed by atoms with Crippen LogP contribution < -0.4 is 0 Å². The van der Waals surface area contributed by atoms with E-state index in [1.165, 1.54) is 0 Å². The van der Waals surface area contributed by atoms with Crippen LogP contribution >= 0.6 is 0 Å². The first-order valence-corrected chi connectivity index (χ1v) is 4.56. The molecule has 0 spiro atoms. The summed E-state index contributed by atoms with van der Waals surface area (Å²) in [6.07, 6.45) is 4.69. The highest BCUT2D eigenvalue weighted by molar-refractivity contribution is 5.25. The second kappa shape index (κ2) is 4.05. The van der Waals surface area contributed by atoms with Gasteiger partial charge >= 0.3 is 0 Å². The van der Waals surface area contributed by atoms with Crippen molar-refractivity contribution in [3.8, 4) is 0 Å². The first-order chi connectivity index (χ1) is 6.02. The highest BCUT2D eigenvalue weighted by Crippen LogP contribution is 2.28. The molecule has 0 aromatic heterocycles. The number of hydroxylamine groups is 2. The van der Waals surface area contributed by atoms with Crippen molar-refractivity contribution in [3.63, 3.8) is 0 Å². The van der Waals surface area contributed by atoms with E-state index in [1.807, 2.05) is 6.08 Å². The summed E-state index contributed by atoms with van der Waals surface area (Å²) in [5.74, 6) is 0.920. The third-order valence-corrected chi connectivity index (χ3v) is 2.62. The largest absolute Gasteiger partial charge is 0.289 e. The fourth-order valence-corrected chi connectivity index (χ4v) is 1.58. The molecule has 1 aliphatic carbocycles. The molecule has 0 amide bonds. The predicted octanol–water partition coefficient (Wildman–Crippen LogP) is 2.22. The van der Waals surface area contributed by atoms with Crippen molar-refractivity contribution in [2.75, 3.05) is 0 Å². The molecule has 0 radical (unpaired) electrons. The normalized spacial score (nSPS) is 28.9. The van der Waals surface area contributed by atoms with Gasteiger partial charge in [-0.15, -0.1) is 0 Å². The van der Waals surface area contributed by atoms with E-state index in [2.05, 4.69) is 26.5 Å². The van der Waals surface area contributed by atoms with E-state index in [0.29, 0.717) is 11.8 Å². The van der Waals surface area contributed by atoms with Crippen molar-refractivity contribution in [2.24, 2.45) is 11.8 Å². The van der Waals surface area contributed by atoms with Crippen molar-refractivity contribution >= 4 is 0 Å². The Labute approximate surface area is 78.9 Å². The summed E-state index contributed by atoms with van der Waals surface area (Å²) >= 11 is 0. The lowest BCUT2D eigenvalue weighted by Crippen LogP contribution is -2.34. The van der Waals surface area contributed by atoms with E-state index < -0.39 is 0 Å². The van der Waals surface area contributed by atoms with Crippen molar-refractivity contribution < 1.29 is 10.4 Å². The topological polar surface area (TPSA) is 43.7 Å². The minimum atomic E-state index is -0.350. The van der Waals surface area contributed by atoms with Gasteiger partial charge in [-0.05, 0) is 23.8 Å². The summed E-state index contributed by atoms with van der Waals surface area (Å²) in [5.41, 5.74) is 0.752. The molecule has 1 aliphatic rings. The molecule has 74 valence electrons. The summed E-state index contributed by atoms with van der Waals surface area (Å²) < 4.78 is 0. The molecule has 1 rings (SSSR count). The Hall–Kier alpha value is -0.640. The molecule has 0 aliphatic heterocycles. The number of hydrogen-bond acceptors (Lipinski definition) is 3. The quantitative estimate of drug-likeness (QED) is 0.645. The fourth-order valence-electron chi connectivity index (χ4n) is 1.58. The number of nitrogens with zero attached hydrogens (tertiary/aromatic N) is 1. The maximum atomic E-state index is 8.94. The lowest BCUT2D eigenvalue weighted by molar-refractivity contribution is -0.326. The van der Waals surface area contributed by atoms with Gasteiger partial charge < -0.3 is 0 Å². The minimum absolute atomic E-state index is 0.265. The van der Waals surface area contributed by atoms with E-state index in [0.717, 1.165) is 12.0 Å². The van der Waals surface area contributed by atoms with Gasteiger partial charge in [0.15, 0.2) is 0 Å². The van der Waals surface area contributed by atoms with Crippen LogP contribution in [-0.2, 0) is 0 Å². The van der Waals surface area contributed by atoms with E-state index >= 15 is 0 Å². The Balaban J connectivity index is 2.71. The SMILES string of the molecule is C=C1C=CC(C(C)C)CC1N(O)O. The van der Waals surface area contributed by atoms with Gasteiger partial charge in [0.2, 0.25) is 0 Å². The highest BCUT2D eigenvalue weighted by atomic mass is 16.8. The molecule has 0 aromatic rings. The number of allylic oxidation sites excluding steroid dienone is 1. The summed E-state index contributed by atoms with van der Waals surface area (Å²) in [6.45, 7) is 8.01. The fraction of sp³-hybridized carbons (Fsp3) is 0.600. The lowest BCUT2D eigenvalue weighted by Gasteiger charge is -2.30. The molecule has 0 heterocycles. The van der Waals surface area contributed by atoms with Gasteiger partial charge in [0.25, 0.3) is 0 Å². The molecular weight excluding hydrogens is 166 g/mol. The minimum Gasteiger partial charge on any atom is -0.289 e. The predicted molar refractivity (Wildman–Crippen MR) is 50.4 cm³/mol. The number of rotatable bonds is 2. The van der Waals surface area contributed by atoms with Gasteiger partial charge in [-0.25, -0.2) is 0 Å². The van der Waals surface area contributed by atoms with Crippen LogP contribution in [0.15, 0.2) is 24.3 Å². The van der Waals surface area contributed by atoms with Crippen molar-refractivity contribution in [1.82, 2.24) is 5.23 Å². The van der Waals surface area contributed by atoms with Gasteiger partial charge in [-0.2, -0.15) is 0 Å². The van der Waals surface area contributed by atoms with Crippen molar-refractivity contribution in [2.45, 2.75) is 26.3 Å². The third-order valence-electron chi connectivity index (χ3n) is 2.62. The zero-order chi connectivity index (χ0) is 10.0. The Morgan fingerprint density at radius 3 is 2.62 bits per heavy atom. The Kier molecular flexibility index (Phi) is 3.25. The third kappa shape index (κ3) is 2.40. The summed E-state index contributed by atoms with van der Waals surface area (Å²) in [4.78, 5) is 0. The summed E-state index contributed by atoms with van der Waals surface area (Å²) in [5, 5.41) is 18.1. The van der Waals surface area contributed by atoms with Gasteiger partial charge in [0.1, 0.15) is 0 Å². The average Bonchev–Trinajstić information content (AvgIpc) is 2.04. The lowest BCUT2D eigenvalue weighted by atomic mass is 9.82. The smallest absolute Gasteiger partial charge is 0.0872 e. The van der Waals surface area contributed by atoms with E-state index in [-0.39, 0.29) is 11.3 Å². The molecule has 2 atom stereocenters. The van der Waals surface area contributed by atoms with E-state index in [9.17, 15) is 0 Å². The molecule has 0 fully saturated rings. The molecule has 0 saturated carbocycles. The molecule has 2 unspecified atom stereocenters. The van der Waals surface area contributed by atoms with Gasteiger partial charge in [0.05, 0.1) is 6.04 Å². The standard InChI is InChI=1S/C10H17NO2/c1-7(2)9-5-4-8(3)10(6-9)11(12)13/h4-5,7,9-10,12-13H,3,6H2,1-2H3. The molecule has 3 nitrogen and oxygen atoms in total. The highest BCUT2D eigenvalue weighted by Gasteiger charge is 2.26. The van der Waals surface area contributed by atoms with Crippen LogP contribution in [0.25, 0.3) is 0 Å². The zero-order valence-electron chi connectivity index (χ0n) is 8.14. The maximum Gasteiger partial charge on any atom is 0.0872 e.